The Hall–Kier alpha value is -0.800. The second-order valence-corrected chi connectivity index (χ2v) is 8.66. The Balaban J connectivity index is 2.85. The minimum absolute atomic E-state index is 0.275. The number of hydrogen-bond acceptors (Lipinski definition) is 1. The summed E-state index contributed by atoms with van der Waals surface area (Å²) in [4.78, 5) is 0.942. The fraction of sp³-hybridized carbons (Fsp3) is 0.562. The molecule has 1 aromatic rings. The van der Waals surface area contributed by atoms with E-state index in [4.69, 9.17) is 0 Å². The third-order valence-corrected chi connectivity index (χ3v) is 5.81. The highest BCUT2D eigenvalue weighted by atomic mass is 32.2. The van der Waals surface area contributed by atoms with E-state index in [9.17, 15) is 4.21 Å². The van der Waals surface area contributed by atoms with Crippen LogP contribution in [-0.4, -0.2) is 10.1 Å². The zero-order chi connectivity index (χ0) is 14.6. The Kier molecular flexibility index (Phi) is 3.35. The molecule has 1 heterocycles. The van der Waals surface area contributed by atoms with Gasteiger partial charge in [-0.1, -0.05) is 39.8 Å². The predicted octanol–water partition coefficient (Wildman–Crippen LogP) is 3.76. The van der Waals surface area contributed by atoms with Crippen molar-refractivity contribution in [2.45, 2.75) is 63.8 Å². The fourth-order valence-electron chi connectivity index (χ4n) is 2.79. The molecule has 1 aromatic carbocycles. The lowest BCUT2D eigenvalue weighted by molar-refractivity contribution is 0.507. The quantitative estimate of drug-likeness (QED) is 0.821. The molecule has 1 atom stereocenters. The molecular formula is C16H25NOS. The van der Waals surface area contributed by atoms with Gasteiger partial charge in [0.05, 0.1) is 20.1 Å². The Morgan fingerprint density at radius 1 is 1.16 bits per heavy atom. The summed E-state index contributed by atoms with van der Waals surface area (Å²) >= 11 is 0. The summed E-state index contributed by atoms with van der Waals surface area (Å²) < 4.78 is 16.0. The van der Waals surface area contributed by atoms with Crippen LogP contribution >= 0.6 is 0 Å². The topological polar surface area (TPSA) is 29.1 Å². The Labute approximate surface area is 117 Å². The van der Waals surface area contributed by atoms with Crippen LogP contribution in [0.15, 0.2) is 17.0 Å². The largest absolute Gasteiger partial charge is 0.248 e. The molecule has 0 spiro atoms. The molecular weight excluding hydrogens is 254 g/mol. The van der Waals surface area contributed by atoms with Crippen LogP contribution in [0.5, 0.6) is 0 Å². The Morgan fingerprint density at radius 3 is 2.21 bits per heavy atom. The monoisotopic (exact) mass is 279 g/mol. The Morgan fingerprint density at radius 2 is 1.74 bits per heavy atom. The Bertz CT molecular complexity index is 610. The molecule has 1 aliphatic rings. The van der Waals surface area contributed by atoms with Gasteiger partial charge in [-0.05, 0) is 48.2 Å². The first-order chi connectivity index (χ1) is 8.56. The molecule has 0 amide bonds. The molecule has 3 heteroatoms. The van der Waals surface area contributed by atoms with Crippen LogP contribution in [-0.2, 0) is 15.2 Å². The van der Waals surface area contributed by atoms with E-state index < -0.39 is 9.71 Å². The zero-order valence-corrected chi connectivity index (χ0v) is 13.6. The third-order valence-electron chi connectivity index (χ3n) is 3.85. The van der Waals surface area contributed by atoms with E-state index in [1.807, 2.05) is 0 Å². The first kappa shape index (κ1) is 14.6. The van der Waals surface area contributed by atoms with Gasteiger partial charge < -0.3 is 0 Å². The van der Waals surface area contributed by atoms with Crippen LogP contribution in [0.3, 0.4) is 0 Å². The summed E-state index contributed by atoms with van der Waals surface area (Å²) in [6.45, 7) is 12.9. The van der Waals surface area contributed by atoms with Crippen molar-refractivity contribution in [3.8, 4) is 0 Å². The van der Waals surface area contributed by atoms with Crippen molar-refractivity contribution < 1.29 is 4.21 Å². The van der Waals surface area contributed by atoms with Crippen molar-refractivity contribution >= 4 is 15.6 Å². The van der Waals surface area contributed by atoms with Crippen molar-refractivity contribution in [1.29, 1.82) is 0 Å². The second-order valence-electron chi connectivity index (χ2n) is 6.70. The van der Waals surface area contributed by atoms with Crippen molar-refractivity contribution in [2.75, 3.05) is 0 Å². The number of rotatable bonds is 2. The van der Waals surface area contributed by atoms with Gasteiger partial charge in [0.15, 0.2) is 0 Å². The lowest BCUT2D eigenvalue weighted by Crippen LogP contribution is -2.32. The molecule has 1 aliphatic heterocycles. The summed E-state index contributed by atoms with van der Waals surface area (Å²) in [5.74, 6) is 4.77. The molecule has 1 unspecified atom stereocenters. The molecule has 2 nitrogen and oxygen atoms in total. The second kappa shape index (κ2) is 4.35. The van der Waals surface area contributed by atoms with E-state index in [0.29, 0.717) is 11.8 Å². The predicted molar refractivity (Wildman–Crippen MR) is 84.3 cm³/mol. The van der Waals surface area contributed by atoms with Gasteiger partial charge in [0.25, 0.3) is 0 Å². The summed E-state index contributed by atoms with van der Waals surface area (Å²) in [7, 11) is -2.38. The lowest BCUT2D eigenvalue weighted by Gasteiger charge is -2.21. The molecule has 0 aromatic heterocycles. The standard InChI is InChI=1S/C16H25NOS/c1-10(2)12-8-13(11(3)4)15-14(9-12)16(5,6)17-19(15,7)18/h8-11H,7H2,1-6H3,(H,17,18). The van der Waals surface area contributed by atoms with E-state index in [0.717, 1.165) is 10.5 Å². The van der Waals surface area contributed by atoms with Crippen LogP contribution in [0.1, 0.15) is 70.1 Å². The first-order valence-electron chi connectivity index (χ1n) is 6.91. The minimum Gasteiger partial charge on any atom is -0.248 e. The van der Waals surface area contributed by atoms with Gasteiger partial charge in [0.2, 0.25) is 0 Å². The highest BCUT2D eigenvalue weighted by molar-refractivity contribution is 7.98. The lowest BCUT2D eigenvalue weighted by atomic mass is 9.87. The molecule has 0 fully saturated rings. The number of hydrogen-bond donors (Lipinski definition) is 1. The van der Waals surface area contributed by atoms with Crippen LogP contribution in [0.4, 0.5) is 0 Å². The van der Waals surface area contributed by atoms with Crippen LogP contribution in [0.25, 0.3) is 0 Å². The van der Waals surface area contributed by atoms with Gasteiger partial charge in [-0.15, -0.1) is 0 Å². The van der Waals surface area contributed by atoms with Crippen molar-refractivity contribution in [1.82, 2.24) is 4.72 Å². The zero-order valence-electron chi connectivity index (χ0n) is 12.8. The average Bonchev–Trinajstić information content (AvgIpc) is 2.43. The maximum Gasteiger partial charge on any atom is 0.0547 e. The number of fused-ring (bicyclic) bond motifs is 1. The fourth-order valence-corrected chi connectivity index (χ4v) is 5.17. The van der Waals surface area contributed by atoms with Gasteiger partial charge in [-0.25, -0.2) is 8.93 Å². The van der Waals surface area contributed by atoms with E-state index in [1.165, 1.54) is 11.1 Å². The van der Waals surface area contributed by atoms with E-state index >= 15 is 0 Å². The molecule has 0 bridgehead atoms. The van der Waals surface area contributed by atoms with E-state index in [1.54, 1.807) is 0 Å². The maximum atomic E-state index is 12.8. The van der Waals surface area contributed by atoms with Crippen LogP contribution in [0, 0.1) is 0 Å². The molecule has 0 saturated heterocycles. The highest BCUT2D eigenvalue weighted by Gasteiger charge is 2.38. The van der Waals surface area contributed by atoms with Gasteiger partial charge in [-0.3, -0.25) is 0 Å². The summed E-state index contributed by atoms with van der Waals surface area (Å²) in [5.41, 5.74) is 3.37. The minimum atomic E-state index is -2.38. The molecule has 1 N–H and O–H groups in total. The van der Waals surface area contributed by atoms with Gasteiger partial charge >= 0.3 is 0 Å². The van der Waals surface area contributed by atoms with Gasteiger partial charge in [-0.2, -0.15) is 0 Å². The number of nitrogens with one attached hydrogen (secondary N) is 1. The molecule has 0 radical (unpaired) electrons. The molecule has 19 heavy (non-hydrogen) atoms. The third kappa shape index (κ3) is 2.34. The van der Waals surface area contributed by atoms with Gasteiger partial charge in [0.1, 0.15) is 0 Å². The molecule has 0 saturated carbocycles. The van der Waals surface area contributed by atoms with Crippen molar-refractivity contribution in [3.63, 3.8) is 0 Å². The molecule has 0 aliphatic carbocycles. The van der Waals surface area contributed by atoms with Gasteiger partial charge in [0, 0.05) is 0 Å². The van der Waals surface area contributed by atoms with Crippen LogP contribution < -0.4 is 4.72 Å². The van der Waals surface area contributed by atoms with Crippen molar-refractivity contribution in [3.05, 3.63) is 28.8 Å². The highest BCUT2D eigenvalue weighted by Crippen LogP contribution is 2.41. The SMILES string of the molecule is C=S1(=O)NC(C)(C)c2cc(C(C)C)cc(C(C)C)c21. The summed E-state index contributed by atoms with van der Waals surface area (Å²) in [6, 6.07) is 4.42. The summed E-state index contributed by atoms with van der Waals surface area (Å²) in [5, 5.41) is 0. The smallest absolute Gasteiger partial charge is 0.0547 e. The van der Waals surface area contributed by atoms with Crippen molar-refractivity contribution in [2.24, 2.45) is 0 Å². The normalized spacial score (nSPS) is 25.1. The van der Waals surface area contributed by atoms with E-state index in [-0.39, 0.29) is 5.54 Å². The van der Waals surface area contributed by atoms with Crippen LogP contribution in [0.2, 0.25) is 0 Å². The molecule has 2 rings (SSSR count). The average molecular weight is 279 g/mol. The van der Waals surface area contributed by atoms with E-state index in [2.05, 4.69) is 64.3 Å². The maximum absolute atomic E-state index is 12.8. The first-order valence-corrected chi connectivity index (χ1v) is 8.63. The number of benzene rings is 1. The molecule has 106 valence electrons. The summed E-state index contributed by atoms with van der Waals surface area (Å²) in [6.07, 6.45) is 0.